The normalized spacial score (nSPS) is 18.9. The molecule has 162 valence electrons. The third-order valence-corrected chi connectivity index (χ3v) is 6.54. The molecule has 1 saturated heterocycles. The van der Waals surface area contributed by atoms with Gasteiger partial charge in [-0.1, -0.05) is 48.5 Å². The molecular formula is C26H31N3O2. The van der Waals surface area contributed by atoms with Gasteiger partial charge in [-0.25, -0.2) is 4.68 Å². The zero-order chi connectivity index (χ0) is 21.8. The predicted molar refractivity (Wildman–Crippen MR) is 122 cm³/mol. The minimum atomic E-state index is -0.270. The highest BCUT2D eigenvalue weighted by Crippen LogP contribution is 2.34. The van der Waals surface area contributed by atoms with Crippen molar-refractivity contribution in [1.29, 1.82) is 0 Å². The summed E-state index contributed by atoms with van der Waals surface area (Å²) in [6.07, 6.45) is 2.99. The van der Waals surface area contributed by atoms with Gasteiger partial charge >= 0.3 is 0 Å². The highest BCUT2D eigenvalue weighted by Gasteiger charge is 2.37. The Morgan fingerprint density at radius 2 is 1.74 bits per heavy atom. The van der Waals surface area contributed by atoms with Gasteiger partial charge in [0, 0.05) is 29.8 Å². The number of aryl methyl sites for hydroxylation is 1. The van der Waals surface area contributed by atoms with E-state index in [1.807, 2.05) is 72.0 Å². The van der Waals surface area contributed by atoms with Crippen molar-refractivity contribution in [2.24, 2.45) is 5.41 Å². The molecule has 2 aromatic carbocycles. The molecule has 0 aliphatic carbocycles. The summed E-state index contributed by atoms with van der Waals surface area (Å²) in [4.78, 5) is 15.2. The summed E-state index contributed by atoms with van der Waals surface area (Å²) < 4.78 is 1.92. The van der Waals surface area contributed by atoms with Gasteiger partial charge < -0.3 is 10.0 Å². The number of rotatable bonds is 6. The Balaban J connectivity index is 1.50. The fraction of sp³-hybridized carbons (Fsp3) is 0.385. The number of aliphatic hydroxyl groups excluding tert-OH is 1. The predicted octanol–water partition coefficient (Wildman–Crippen LogP) is 3.88. The minimum Gasteiger partial charge on any atom is -0.396 e. The lowest BCUT2D eigenvalue weighted by molar-refractivity contribution is -0.134. The van der Waals surface area contributed by atoms with Crippen LogP contribution in [-0.4, -0.2) is 45.4 Å². The number of aliphatic hydroxyl groups is 1. The van der Waals surface area contributed by atoms with E-state index in [0.717, 1.165) is 48.4 Å². The van der Waals surface area contributed by atoms with Gasteiger partial charge in [0.15, 0.2) is 0 Å². The Morgan fingerprint density at radius 1 is 1.06 bits per heavy atom. The molecule has 1 amide bonds. The summed E-state index contributed by atoms with van der Waals surface area (Å²) >= 11 is 0. The number of piperidine rings is 1. The summed E-state index contributed by atoms with van der Waals surface area (Å²) in [6, 6.07) is 20.3. The summed E-state index contributed by atoms with van der Waals surface area (Å²) in [5, 5.41) is 14.9. The first-order chi connectivity index (χ1) is 15.0. The molecule has 5 nitrogen and oxygen atoms in total. The summed E-state index contributed by atoms with van der Waals surface area (Å²) in [5.41, 5.74) is 4.84. The number of amides is 1. The molecule has 0 saturated carbocycles. The van der Waals surface area contributed by atoms with E-state index in [4.69, 9.17) is 0 Å². The second-order valence-electron chi connectivity index (χ2n) is 8.81. The molecule has 3 aromatic rings. The van der Waals surface area contributed by atoms with Crippen molar-refractivity contribution in [3.63, 3.8) is 0 Å². The highest BCUT2D eigenvalue weighted by atomic mass is 16.3. The maximum Gasteiger partial charge on any atom is 0.227 e. The van der Waals surface area contributed by atoms with Crippen LogP contribution in [0.2, 0.25) is 0 Å². The highest BCUT2D eigenvalue weighted by molar-refractivity contribution is 5.79. The quantitative estimate of drug-likeness (QED) is 0.662. The maximum absolute atomic E-state index is 13.3. The molecule has 31 heavy (non-hydrogen) atoms. The number of likely N-dealkylation sites (tertiary alicyclic amines) is 1. The van der Waals surface area contributed by atoms with Gasteiger partial charge in [-0.05, 0) is 50.8 Å². The lowest BCUT2D eigenvalue weighted by Gasteiger charge is -2.42. The molecule has 1 atom stereocenters. The molecule has 0 spiro atoms. The number of benzene rings is 2. The summed E-state index contributed by atoms with van der Waals surface area (Å²) in [6.45, 7) is 5.44. The largest absolute Gasteiger partial charge is 0.396 e. The molecule has 1 aromatic heterocycles. The monoisotopic (exact) mass is 417 g/mol. The number of hydrogen-bond donors (Lipinski definition) is 1. The molecule has 1 aliphatic heterocycles. The van der Waals surface area contributed by atoms with Crippen molar-refractivity contribution in [1.82, 2.24) is 14.7 Å². The molecule has 0 bridgehead atoms. The fourth-order valence-corrected chi connectivity index (χ4v) is 4.79. The van der Waals surface area contributed by atoms with Gasteiger partial charge in [-0.3, -0.25) is 4.79 Å². The van der Waals surface area contributed by atoms with Crippen LogP contribution in [-0.2, 0) is 17.6 Å². The van der Waals surface area contributed by atoms with Crippen LogP contribution in [0.1, 0.15) is 35.4 Å². The van der Waals surface area contributed by atoms with Crippen LogP contribution in [0.25, 0.3) is 5.69 Å². The van der Waals surface area contributed by atoms with Crippen LogP contribution >= 0.6 is 0 Å². The van der Waals surface area contributed by atoms with Crippen molar-refractivity contribution < 1.29 is 9.90 Å². The Kier molecular flexibility index (Phi) is 6.23. The zero-order valence-electron chi connectivity index (χ0n) is 18.4. The average molecular weight is 418 g/mol. The Bertz CT molecular complexity index is 1030. The third kappa shape index (κ3) is 4.57. The Hall–Kier alpha value is -2.92. The standard InChI is InChI=1S/C26H31N3O2/c1-20-24(21(2)29(27-20)23-12-7-4-8-13-23)16-25(31)28-15-9-14-26(18-28,19-30)17-22-10-5-3-6-11-22/h3-8,10-13,30H,9,14-19H2,1-2H3/t26-/m1/s1. The van der Waals surface area contributed by atoms with Crippen LogP contribution in [0, 0.1) is 19.3 Å². The first-order valence-corrected chi connectivity index (χ1v) is 11.0. The second-order valence-corrected chi connectivity index (χ2v) is 8.81. The molecular weight excluding hydrogens is 386 g/mol. The van der Waals surface area contributed by atoms with E-state index in [1.54, 1.807) is 0 Å². The number of para-hydroxylation sites is 1. The molecule has 1 aliphatic rings. The smallest absolute Gasteiger partial charge is 0.227 e. The first kappa shape index (κ1) is 21.3. The van der Waals surface area contributed by atoms with E-state index in [9.17, 15) is 9.90 Å². The number of carbonyl (C=O) groups excluding carboxylic acids is 1. The van der Waals surface area contributed by atoms with Crippen molar-refractivity contribution >= 4 is 5.91 Å². The van der Waals surface area contributed by atoms with Crippen LogP contribution < -0.4 is 0 Å². The van der Waals surface area contributed by atoms with Gasteiger partial charge in [-0.15, -0.1) is 0 Å². The van der Waals surface area contributed by atoms with E-state index < -0.39 is 0 Å². The zero-order valence-corrected chi connectivity index (χ0v) is 18.4. The number of hydrogen-bond acceptors (Lipinski definition) is 3. The Morgan fingerprint density at radius 3 is 2.42 bits per heavy atom. The topological polar surface area (TPSA) is 58.4 Å². The summed E-state index contributed by atoms with van der Waals surface area (Å²) in [7, 11) is 0. The van der Waals surface area contributed by atoms with Crippen LogP contribution in [0.15, 0.2) is 60.7 Å². The van der Waals surface area contributed by atoms with Crippen molar-refractivity contribution in [3.05, 3.63) is 83.2 Å². The van der Waals surface area contributed by atoms with Gasteiger partial charge in [0.25, 0.3) is 0 Å². The fourth-order valence-electron chi connectivity index (χ4n) is 4.79. The van der Waals surface area contributed by atoms with E-state index >= 15 is 0 Å². The third-order valence-electron chi connectivity index (χ3n) is 6.54. The lowest BCUT2D eigenvalue weighted by Crippen LogP contribution is -2.49. The van der Waals surface area contributed by atoms with Gasteiger partial charge in [0.2, 0.25) is 5.91 Å². The SMILES string of the molecule is Cc1nn(-c2ccccc2)c(C)c1CC(=O)N1CCC[C@@](CO)(Cc2ccccc2)C1. The maximum atomic E-state index is 13.3. The van der Waals surface area contributed by atoms with Gasteiger partial charge in [0.1, 0.15) is 0 Å². The Labute approximate surface area is 184 Å². The van der Waals surface area contributed by atoms with Crippen LogP contribution in [0.5, 0.6) is 0 Å². The summed E-state index contributed by atoms with van der Waals surface area (Å²) in [5.74, 6) is 0.115. The number of aromatic nitrogens is 2. The van der Waals surface area contributed by atoms with Crippen LogP contribution in [0.3, 0.4) is 0 Å². The van der Waals surface area contributed by atoms with Gasteiger partial charge in [-0.2, -0.15) is 5.10 Å². The average Bonchev–Trinajstić information content (AvgIpc) is 3.08. The van der Waals surface area contributed by atoms with Crippen molar-refractivity contribution in [2.45, 2.75) is 39.5 Å². The minimum absolute atomic E-state index is 0.0929. The molecule has 1 N–H and O–H groups in total. The van der Waals surface area contributed by atoms with Gasteiger partial charge in [0.05, 0.1) is 24.4 Å². The molecule has 2 heterocycles. The van der Waals surface area contributed by atoms with E-state index in [1.165, 1.54) is 5.56 Å². The van der Waals surface area contributed by atoms with E-state index in [-0.39, 0.29) is 17.9 Å². The number of carbonyl (C=O) groups is 1. The molecule has 0 unspecified atom stereocenters. The van der Waals surface area contributed by atoms with Crippen LogP contribution in [0.4, 0.5) is 0 Å². The van der Waals surface area contributed by atoms with E-state index in [0.29, 0.717) is 13.0 Å². The first-order valence-electron chi connectivity index (χ1n) is 11.0. The molecule has 0 radical (unpaired) electrons. The molecule has 5 heteroatoms. The molecule has 4 rings (SSSR count). The number of nitrogens with zero attached hydrogens (tertiary/aromatic N) is 3. The molecule has 1 fully saturated rings. The van der Waals surface area contributed by atoms with Crippen molar-refractivity contribution in [3.8, 4) is 5.69 Å². The lowest BCUT2D eigenvalue weighted by atomic mass is 9.75. The van der Waals surface area contributed by atoms with Crippen molar-refractivity contribution in [2.75, 3.05) is 19.7 Å². The second kappa shape index (κ2) is 9.06. The van der Waals surface area contributed by atoms with E-state index in [2.05, 4.69) is 17.2 Å².